The summed E-state index contributed by atoms with van der Waals surface area (Å²) >= 11 is 0. The van der Waals surface area contributed by atoms with Gasteiger partial charge in [-0.15, -0.1) is 0 Å². The molecular formula is C29H44O12. The largest absolute Gasteiger partial charge is 0.493 e. The molecule has 232 valence electrons. The number of hydrogen-bond donors (Lipinski definition) is 7. The Labute approximate surface area is 239 Å². The first kappa shape index (κ1) is 31.0. The van der Waals surface area contributed by atoms with E-state index in [9.17, 15) is 35.7 Å². The van der Waals surface area contributed by atoms with E-state index in [4.69, 9.17) is 23.7 Å². The topological polar surface area (TPSA) is 188 Å². The summed E-state index contributed by atoms with van der Waals surface area (Å²) in [5, 5.41) is 72.1. The van der Waals surface area contributed by atoms with E-state index in [0.717, 1.165) is 17.7 Å². The lowest BCUT2D eigenvalue weighted by molar-refractivity contribution is -0.367. The molecule has 1 aliphatic carbocycles. The van der Waals surface area contributed by atoms with Gasteiger partial charge in [0.05, 0.1) is 25.9 Å². The van der Waals surface area contributed by atoms with E-state index in [1.165, 1.54) is 5.56 Å². The van der Waals surface area contributed by atoms with Crippen molar-refractivity contribution in [1.29, 1.82) is 0 Å². The highest BCUT2D eigenvalue weighted by molar-refractivity contribution is 5.45. The predicted molar refractivity (Wildman–Crippen MR) is 142 cm³/mol. The Kier molecular flexibility index (Phi) is 8.76. The highest BCUT2D eigenvalue weighted by Gasteiger charge is 2.57. The van der Waals surface area contributed by atoms with Crippen LogP contribution in [0.2, 0.25) is 0 Å². The third-order valence-corrected chi connectivity index (χ3v) is 9.84. The molecule has 1 saturated carbocycles. The molecule has 41 heavy (non-hydrogen) atoms. The fourth-order valence-electron chi connectivity index (χ4n) is 7.21. The molecule has 7 N–H and O–H groups in total. The number of ether oxygens (including phenoxy) is 5. The number of hydrogen-bond acceptors (Lipinski definition) is 12. The van der Waals surface area contributed by atoms with Gasteiger partial charge in [-0.1, -0.05) is 38.5 Å². The first-order chi connectivity index (χ1) is 19.3. The van der Waals surface area contributed by atoms with Crippen LogP contribution in [0.4, 0.5) is 0 Å². The number of aliphatic hydroxyl groups is 7. The second kappa shape index (κ2) is 11.6. The summed E-state index contributed by atoms with van der Waals surface area (Å²) in [5.74, 6) is 0.986. The Balaban J connectivity index is 1.30. The molecule has 4 aliphatic rings. The van der Waals surface area contributed by atoms with Gasteiger partial charge in [-0.25, -0.2) is 0 Å². The number of aryl methyl sites for hydroxylation is 1. The van der Waals surface area contributed by atoms with Crippen LogP contribution >= 0.6 is 0 Å². The standard InChI is InChI=1S/C29H44O12/c1-13-5-6-15-14(9-13)29(4)8-7-19(28(2,3)18(29)12-37-15)40-26-24(36)22(34)25(17(11-31)39-26)41-27-23(35)21(33)20(32)16(10-30)38-27/h5-6,9,16-27,30-36H,7-8,10-12H2,1-4H3/t16-,17-,18-,19+,20+,21+,22-,23-,24-,25-,26+,27+,29-/m1/s1. The minimum absolute atomic E-state index is 0.0876. The van der Waals surface area contributed by atoms with Gasteiger partial charge in [-0.3, -0.25) is 0 Å². The molecule has 13 atom stereocenters. The zero-order valence-electron chi connectivity index (χ0n) is 23.9. The van der Waals surface area contributed by atoms with Gasteiger partial charge in [0.15, 0.2) is 12.6 Å². The fraction of sp³-hybridized carbons (Fsp3) is 0.793. The molecule has 12 heteroatoms. The van der Waals surface area contributed by atoms with Crippen molar-refractivity contribution in [3.8, 4) is 5.75 Å². The second-order valence-electron chi connectivity index (χ2n) is 12.8. The molecule has 12 nitrogen and oxygen atoms in total. The van der Waals surface area contributed by atoms with Crippen LogP contribution in [0, 0.1) is 18.3 Å². The van der Waals surface area contributed by atoms with Gasteiger partial charge in [0.25, 0.3) is 0 Å². The molecule has 1 aromatic carbocycles. The van der Waals surface area contributed by atoms with Crippen molar-refractivity contribution in [2.75, 3.05) is 19.8 Å². The third-order valence-electron chi connectivity index (χ3n) is 9.84. The third kappa shape index (κ3) is 5.31. The minimum atomic E-state index is -1.73. The van der Waals surface area contributed by atoms with Gasteiger partial charge in [0.1, 0.15) is 54.6 Å². The summed E-state index contributed by atoms with van der Waals surface area (Å²) in [6.45, 7) is 7.74. The fourth-order valence-corrected chi connectivity index (χ4v) is 7.21. The molecule has 0 amide bonds. The highest BCUT2D eigenvalue weighted by atomic mass is 16.7. The van der Waals surface area contributed by atoms with Crippen molar-refractivity contribution in [3.05, 3.63) is 29.3 Å². The first-order valence-electron chi connectivity index (χ1n) is 14.3. The molecule has 0 bridgehead atoms. The van der Waals surface area contributed by atoms with Gasteiger partial charge >= 0.3 is 0 Å². The van der Waals surface area contributed by atoms with Crippen LogP contribution in [0.25, 0.3) is 0 Å². The Hall–Kier alpha value is -1.42. The van der Waals surface area contributed by atoms with E-state index < -0.39 is 80.0 Å². The zero-order chi connectivity index (χ0) is 29.9. The molecule has 3 heterocycles. The van der Waals surface area contributed by atoms with Crippen molar-refractivity contribution in [2.45, 2.75) is 113 Å². The smallest absolute Gasteiger partial charge is 0.187 e. The van der Waals surface area contributed by atoms with E-state index in [0.29, 0.717) is 13.0 Å². The molecular weight excluding hydrogens is 540 g/mol. The Bertz CT molecular complexity index is 1060. The summed E-state index contributed by atoms with van der Waals surface area (Å²) in [7, 11) is 0. The summed E-state index contributed by atoms with van der Waals surface area (Å²) < 4.78 is 29.5. The van der Waals surface area contributed by atoms with Crippen LogP contribution in [0.15, 0.2) is 18.2 Å². The van der Waals surface area contributed by atoms with Crippen LogP contribution < -0.4 is 4.74 Å². The SMILES string of the molecule is Cc1ccc2c(c1)[C@@]1(C)CC[C@H](O[C@@H]3O[C@H](CO)[C@@H](O[C@@H]4O[C@H](CO)[C@H](O)[C@H](O)[C@H]4O)[C@H](O)[C@H]3O)C(C)(C)[C@H]1CO2. The monoisotopic (exact) mass is 584 g/mol. The van der Waals surface area contributed by atoms with Crippen molar-refractivity contribution in [3.63, 3.8) is 0 Å². The maximum Gasteiger partial charge on any atom is 0.187 e. The normalized spacial score (nSPS) is 45.8. The summed E-state index contributed by atoms with van der Waals surface area (Å²) in [4.78, 5) is 0. The summed E-state index contributed by atoms with van der Waals surface area (Å²) in [5.41, 5.74) is 1.78. The quantitative estimate of drug-likeness (QED) is 0.219. The van der Waals surface area contributed by atoms with E-state index in [-0.39, 0.29) is 17.4 Å². The molecule has 2 saturated heterocycles. The molecule has 0 aromatic heterocycles. The molecule has 0 unspecified atom stereocenters. The van der Waals surface area contributed by atoms with E-state index >= 15 is 0 Å². The molecule has 0 radical (unpaired) electrons. The molecule has 1 aromatic rings. The van der Waals surface area contributed by atoms with Crippen LogP contribution in [0.5, 0.6) is 5.75 Å². The van der Waals surface area contributed by atoms with Crippen molar-refractivity contribution in [2.24, 2.45) is 11.3 Å². The average molecular weight is 585 g/mol. The van der Waals surface area contributed by atoms with Gasteiger partial charge in [0.2, 0.25) is 0 Å². The van der Waals surface area contributed by atoms with Crippen molar-refractivity contribution < 1.29 is 59.4 Å². The highest BCUT2D eigenvalue weighted by Crippen LogP contribution is 2.57. The zero-order valence-corrected chi connectivity index (χ0v) is 23.9. The Morgan fingerprint density at radius 3 is 2.15 bits per heavy atom. The Morgan fingerprint density at radius 1 is 0.829 bits per heavy atom. The maximum absolute atomic E-state index is 11.0. The van der Waals surface area contributed by atoms with E-state index in [2.05, 4.69) is 33.8 Å². The molecule has 3 fully saturated rings. The van der Waals surface area contributed by atoms with Crippen molar-refractivity contribution >= 4 is 0 Å². The maximum atomic E-state index is 11.0. The first-order valence-corrected chi connectivity index (χ1v) is 14.3. The van der Waals surface area contributed by atoms with Crippen LogP contribution in [-0.2, 0) is 24.4 Å². The van der Waals surface area contributed by atoms with E-state index in [1.54, 1.807) is 0 Å². The number of rotatable bonds is 6. The second-order valence-corrected chi connectivity index (χ2v) is 12.8. The number of aliphatic hydroxyl groups excluding tert-OH is 7. The average Bonchev–Trinajstić information content (AvgIpc) is 2.94. The number of benzene rings is 1. The van der Waals surface area contributed by atoms with Gasteiger partial charge in [0, 0.05) is 16.9 Å². The lowest BCUT2D eigenvalue weighted by atomic mass is 9.52. The van der Waals surface area contributed by atoms with Gasteiger partial charge in [-0.05, 0) is 31.2 Å². The predicted octanol–water partition coefficient (Wildman–Crippen LogP) is -0.909. The Morgan fingerprint density at radius 2 is 1.46 bits per heavy atom. The molecule has 5 rings (SSSR count). The summed E-state index contributed by atoms with van der Waals surface area (Å²) in [6.07, 6.45) is -13.8. The summed E-state index contributed by atoms with van der Waals surface area (Å²) in [6, 6.07) is 6.25. The molecule has 0 spiro atoms. The lowest BCUT2D eigenvalue weighted by Crippen LogP contribution is -2.65. The number of fused-ring (bicyclic) bond motifs is 3. The molecule has 3 aliphatic heterocycles. The van der Waals surface area contributed by atoms with Crippen LogP contribution in [0.1, 0.15) is 44.7 Å². The van der Waals surface area contributed by atoms with E-state index in [1.807, 2.05) is 12.1 Å². The van der Waals surface area contributed by atoms with Crippen molar-refractivity contribution in [1.82, 2.24) is 0 Å². The van der Waals surface area contributed by atoms with Gasteiger partial charge in [-0.2, -0.15) is 0 Å². The van der Waals surface area contributed by atoms with Crippen LogP contribution in [0.3, 0.4) is 0 Å². The van der Waals surface area contributed by atoms with Crippen LogP contribution in [-0.4, -0.2) is 123 Å². The minimum Gasteiger partial charge on any atom is -0.493 e. The van der Waals surface area contributed by atoms with Gasteiger partial charge < -0.3 is 59.4 Å². The lowest BCUT2D eigenvalue weighted by Gasteiger charge is -2.57.